The van der Waals surface area contributed by atoms with Crippen molar-refractivity contribution in [2.75, 3.05) is 5.32 Å². The first-order valence-electron chi connectivity index (χ1n) is 10.1. The molecule has 0 spiro atoms. The van der Waals surface area contributed by atoms with Crippen molar-refractivity contribution in [3.8, 4) is 10.6 Å². The summed E-state index contributed by atoms with van der Waals surface area (Å²) < 4.78 is 1.26. The van der Waals surface area contributed by atoms with Crippen molar-refractivity contribution < 1.29 is 0 Å². The Morgan fingerprint density at radius 2 is 2.07 bits per heavy atom. The molecule has 6 rings (SSSR count). The zero-order valence-corrected chi connectivity index (χ0v) is 17.0. The summed E-state index contributed by atoms with van der Waals surface area (Å²) in [5.74, 6) is 0.966. The van der Waals surface area contributed by atoms with Crippen LogP contribution in [-0.2, 0) is 0 Å². The van der Waals surface area contributed by atoms with E-state index in [0.717, 1.165) is 16.9 Å². The van der Waals surface area contributed by atoms with Gasteiger partial charge in [0.2, 0.25) is 0 Å². The average molecular weight is 396 g/mol. The first-order chi connectivity index (χ1) is 14.3. The van der Waals surface area contributed by atoms with Gasteiger partial charge in [-0.15, -0.1) is 11.3 Å². The summed E-state index contributed by atoms with van der Waals surface area (Å²) in [6.45, 7) is 2.13. The molecule has 2 aromatic heterocycles. The van der Waals surface area contributed by atoms with Crippen LogP contribution in [0.25, 0.3) is 20.8 Å². The topological polar surface area (TPSA) is 37.8 Å². The highest BCUT2D eigenvalue weighted by Gasteiger charge is 2.38. The summed E-state index contributed by atoms with van der Waals surface area (Å²) in [5, 5.41) is 4.90. The molecule has 0 saturated carbocycles. The van der Waals surface area contributed by atoms with Gasteiger partial charge in [0.25, 0.3) is 0 Å². The van der Waals surface area contributed by atoms with E-state index in [4.69, 9.17) is 4.98 Å². The molecule has 3 heterocycles. The smallest absolute Gasteiger partial charge is 0.124 e. The van der Waals surface area contributed by atoms with Crippen molar-refractivity contribution in [1.29, 1.82) is 0 Å². The Hall–Kier alpha value is -2.98. The third-order valence-corrected chi connectivity index (χ3v) is 7.26. The van der Waals surface area contributed by atoms with E-state index < -0.39 is 0 Å². The van der Waals surface area contributed by atoms with Crippen LogP contribution in [0.2, 0.25) is 0 Å². The lowest BCUT2D eigenvalue weighted by molar-refractivity contribution is 0.425. The van der Waals surface area contributed by atoms with E-state index in [-0.39, 0.29) is 0 Å². The molecule has 0 radical (unpaired) electrons. The Bertz CT molecular complexity index is 1240. The van der Waals surface area contributed by atoms with Crippen molar-refractivity contribution in [2.45, 2.75) is 25.3 Å². The number of anilines is 1. The molecule has 0 bridgehead atoms. The Morgan fingerprint density at radius 1 is 1.10 bits per heavy atom. The Morgan fingerprint density at radius 3 is 2.97 bits per heavy atom. The maximum atomic E-state index is 4.89. The van der Waals surface area contributed by atoms with Crippen molar-refractivity contribution in [3.05, 3.63) is 89.8 Å². The molecule has 4 aromatic rings. The molecule has 29 heavy (non-hydrogen) atoms. The van der Waals surface area contributed by atoms with Crippen LogP contribution in [-0.4, -0.2) is 9.97 Å². The third-order valence-electron chi connectivity index (χ3n) is 6.20. The van der Waals surface area contributed by atoms with Gasteiger partial charge in [0.15, 0.2) is 0 Å². The molecule has 1 aliphatic heterocycles. The number of hydrogen-bond acceptors (Lipinski definition) is 4. The number of nitrogens with one attached hydrogen (secondary N) is 1. The number of aromatic nitrogens is 2. The first kappa shape index (κ1) is 16.9. The van der Waals surface area contributed by atoms with Crippen LogP contribution in [0.4, 0.5) is 5.69 Å². The quantitative estimate of drug-likeness (QED) is 0.394. The van der Waals surface area contributed by atoms with E-state index >= 15 is 0 Å². The van der Waals surface area contributed by atoms with Crippen LogP contribution in [0.5, 0.6) is 0 Å². The van der Waals surface area contributed by atoms with Gasteiger partial charge in [0, 0.05) is 29.6 Å². The molecule has 2 aliphatic rings. The molecule has 3 nitrogen and oxygen atoms in total. The number of fused-ring (bicyclic) bond motifs is 4. The number of hydrogen-bond donors (Lipinski definition) is 1. The number of allylic oxidation sites excluding steroid dienone is 2. The van der Waals surface area contributed by atoms with Crippen LogP contribution in [0.3, 0.4) is 0 Å². The lowest BCUT2D eigenvalue weighted by atomic mass is 9.77. The highest BCUT2D eigenvalue weighted by atomic mass is 32.1. The van der Waals surface area contributed by atoms with Gasteiger partial charge in [-0.1, -0.05) is 24.3 Å². The number of benzene rings is 2. The molecule has 142 valence electrons. The molecule has 2 aromatic carbocycles. The monoisotopic (exact) mass is 395 g/mol. The molecule has 0 amide bonds. The molecule has 0 unspecified atom stereocenters. The zero-order valence-electron chi connectivity index (χ0n) is 16.2. The minimum absolute atomic E-state index is 0.299. The second-order valence-electron chi connectivity index (χ2n) is 8.05. The summed E-state index contributed by atoms with van der Waals surface area (Å²) in [6.07, 6.45) is 9.66. The van der Waals surface area contributed by atoms with Gasteiger partial charge in [-0.2, -0.15) is 0 Å². The van der Waals surface area contributed by atoms with Gasteiger partial charge >= 0.3 is 0 Å². The number of rotatable bonds is 2. The second kappa shape index (κ2) is 6.53. The molecular weight excluding hydrogens is 374 g/mol. The average Bonchev–Trinajstić information content (AvgIpc) is 3.40. The summed E-state index contributed by atoms with van der Waals surface area (Å²) in [7, 11) is 0. The normalized spacial score (nSPS) is 22.3. The van der Waals surface area contributed by atoms with Crippen LogP contribution < -0.4 is 5.32 Å². The predicted molar refractivity (Wildman–Crippen MR) is 120 cm³/mol. The lowest BCUT2D eigenvalue weighted by Crippen LogP contribution is -2.29. The number of aryl methyl sites for hydroxylation is 1. The summed E-state index contributed by atoms with van der Waals surface area (Å²) in [5.41, 5.74) is 7.46. The minimum atomic E-state index is 0.299. The van der Waals surface area contributed by atoms with Crippen molar-refractivity contribution in [2.24, 2.45) is 5.92 Å². The zero-order chi connectivity index (χ0) is 19.4. The van der Waals surface area contributed by atoms with Gasteiger partial charge in [0.05, 0.1) is 16.3 Å². The fraction of sp³-hybridized carbons (Fsp3) is 0.200. The number of nitrogens with zero attached hydrogens (tertiary/aromatic N) is 2. The number of pyridine rings is 1. The number of thiazole rings is 1. The fourth-order valence-electron chi connectivity index (χ4n) is 4.77. The fourth-order valence-corrected chi connectivity index (χ4v) is 5.83. The van der Waals surface area contributed by atoms with E-state index in [0.29, 0.717) is 17.9 Å². The van der Waals surface area contributed by atoms with E-state index in [1.165, 1.54) is 32.6 Å². The standard InChI is InChI=1S/C25H21N3S/c1-15-7-9-22-23(12-15)29-25(28-22)16-8-10-21-20(13-16)18-5-2-6-19(18)24(27-21)17-4-3-11-26-14-17/h2-5,7-14,18-19,24,27H,6H2,1H3/t18-,19-,24-/m1/s1. The maximum absolute atomic E-state index is 4.89. The Kier molecular flexibility index (Phi) is 3.81. The van der Waals surface area contributed by atoms with Crippen molar-refractivity contribution in [3.63, 3.8) is 0 Å². The molecule has 0 saturated heterocycles. The highest BCUT2D eigenvalue weighted by molar-refractivity contribution is 7.21. The van der Waals surface area contributed by atoms with Crippen LogP contribution in [0, 0.1) is 12.8 Å². The third kappa shape index (κ3) is 2.78. The van der Waals surface area contributed by atoms with E-state index in [9.17, 15) is 0 Å². The van der Waals surface area contributed by atoms with E-state index in [1.54, 1.807) is 11.3 Å². The van der Waals surface area contributed by atoms with Gasteiger partial charge in [-0.25, -0.2) is 4.98 Å². The van der Waals surface area contributed by atoms with Gasteiger partial charge in [0.1, 0.15) is 5.01 Å². The Balaban J connectivity index is 1.42. The molecule has 4 heteroatoms. The second-order valence-corrected chi connectivity index (χ2v) is 9.08. The predicted octanol–water partition coefficient (Wildman–Crippen LogP) is 6.49. The van der Waals surface area contributed by atoms with Gasteiger partial charge < -0.3 is 5.32 Å². The molecule has 0 fully saturated rings. The van der Waals surface area contributed by atoms with Crippen molar-refractivity contribution in [1.82, 2.24) is 9.97 Å². The molecule has 1 aliphatic carbocycles. The lowest BCUT2D eigenvalue weighted by Gasteiger charge is -2.37. The molecular formula is C25H21N3S. The van der Waals surface area contributed by atoms with E-state index in [2.05, 4.69) is 71.8 Å². The van der Waals surface area contributed by atoms with Crippen LogP contribution in [0.1, 0.15) is 35.1 Å². The SMILES string of the molecule is Cc1ccc2nc(-c3ccc4c(c3)[C@@H]3C=CC[C@H]3[C@@H](c3cccnc3)N4)sc2c1. The minimum Gasteiger partial charge on any atom is -0.378 e. The first-order valence-corrected chi connectivity index (χ1v) is 10.9. The van der Waals surface area contributed by atoms with Crippen molar-refractivity contribution >= 4 is 27.2 Å². The molecule has 1 N–H and O–H groups in total. The summed E-state index contributed by atoms with van der Waals surface area (Å²) >= 11 is 1.78. The van der Waals surface area contributed by atoms with Crippen LogP contribution in [0.15, 0.2) is 73.1 Å². The van der Waals surface area contributed by atoms with Gasteiger partial charge in [-0.05, 0) is 72.4 Å². The highest BCUT2D eigenvalue weighted by Crippen LogP contribution is 2.50. The Labute approximate surface area is 174 Å². The maximum Gasteiger partial charge on any atom is 0.124 e. The van der Waals surface area contributed by atoms with Crippen LogP contribution >= 0.6 is 11.3 Å². The summed E-state index contributed by atoms with van der Waals surface area (Å²) in [6, 6.07) is 17.8. The molecule has 3 atom stereocenters. The van der Waals surface area contributed by atoms with E-state index in [1.807, 2.05) is 18.5 Å². The van der Waals surface area contributed by atoms with Gasteiger partial charge in [-0.3, -0.25) is 4.98 Å². The summed E-state index contributed by atoms with van der Waals surface area (Å²) in [4.78, 5) is 9.24. The largest absolute Gasteiger partial charge is 0.378 e.